The SMILES string of the molecule is CC(Nc1nc(C(=O)N2CCC(C(=O)NOC(C)(C)C)C2)c2sccc2n1)c1cncc(F)c1. The summed E-state index contributed by atoms with van der Waals surface area (Å²) in [6.45, 7) is 8.09. The fourth-order valence-corrected chi connectivity index (χ4v) is 4.42. The number of halogens is 1. The van der Waals surface area contributed by atoms with Crippen molar-refractivity contribution < 1.29 is 18.8 Å². The number of hydrogen-bond acceptors (Lipinski definition) is 8. The maximum atomic E-state index is 13.6. The topological polar surface area (TPSA) is 109 Å². The average Bonchev–Trinajstić information content (AvgIpc) is 3.46. The van der Waals surface area contributed by atoms with Crippen molar-refractivity contribution in [1.29, 1.82) is 0 Å². The van der Waals surface area contributed by atoms with E-state index in [4.69, 9.17) is 4.84 Å². The first-order chi connectivity index (χ1) is 16.1. The highest BCUT2D eigenvalue weighted by Crippen LogP contribution is 2.28. The van der Waals surface area contributed by atoms with Gasteiger partial charge in [-0.1, -0.05) is 0 Å². The van der Waals surface area contributed by atoms with Crippen molar-refractivity contribution in [3.8, 4) is 0 Å². The molecule has 0 aromatic carbocycles. The van der Waals surface area contributed by atoms with E-state index in [0.717, 1.165) is 6.20 Å². The molecular weight excluding hydrogens is 459 g/mol. The second-order valence-corrected chi connectivity index (χ2v) is 10.2. The minimum atomic E-state index is -0.502. The van der Waals surface area contributed by atoms with Gasteiger partial charge >= 0.3 is 0 Å². The van der Waals surface area contributed by atoms with Crippen LogP contribution >= 0.6 is 11.3 Å². The summed E-state index contributed by atoms with van der Waals surface area (Å²) in [7, 11) is 0. The van der Waals surface area contributed by atoms with E-state index >= 15 is 0 Å². The van der Waals surface area contributed by atoms with Crippen molar-refractivity contribution in [3.05, 3.63) is 47.0 Å². The lowest BCUT2D eigenvalue weighted by molar-refractivity contribution is -0.149. The lowest BCUT2D eigenvalue weighted by atomic mass is 10.1. The smallest absolute Gasteiger partial charge is 0.274 e. The van der Waals surface area contributed by atoms with E-state index in [1.165, 1.54) is 17.4 Å². The molecule has 1 saturated heterocycles. The van der Waals surface area contributed by atoms with Crippen LogP contribution in [-0.4, -0.2) is 50.4 Å². The highest BCUT2D eigenvalue weighted by atomic mass is 32.1. The Kier molecular flexibility index (Phi) is 6.76. The molecule has 2 unspecified atom stereocenters. The molecule has 34 heavy (non-hydrogen) atoms. The van der Waals surface area contributed by atoms with Gasteiger partial charge in [-0.15, -0.1) is 11.3 Å². The van der Waals surface area contributed by atoms with Gasteiger partial charge in [-0.3, -0.25) is 19.4 Å². The fraction of sp³-hybridized carbons (Fsp3) is 0.435. The van der Waals surface area contributed by atoms with Crippen LogP contribution < -0.4 is 10.8 Å². The van der Waals surface area contributed by atoms with Crippen LogP contribution in [-0.2, 0) is 9.63 Å². The summed E-state index contributed by atoms with van der Waals surface area (Å²) in [4.78, 5) is 45.7. The van der Waals surface area contributed by atoms with Crippen LogP contribution in [0.4, 0.5) is 10.3 Å². The molecule has 11 heteroatoms. The van der Waals surface area contributed by atoms with Gasteiger partial charge in [0.25, 0.3) is 5.91 Å². The molecule has 0 saturated carbocycles. The monoisotopic (exact) mass is 486 g/mol. The Morgan fingerprint density at radius 2 is 2.09 bits per heavy atom. The Balaban J connectivity index is 1.51. The molecule has 0 aliphatic carbocycles. The second-order valence-electron chi connectivity index (χ2n) is 9.25. The molecule has 0 bridgehead atoms. The molecule has 0 radical (unpaired) electrons. The summed E-state index contributed by atoms with van der Waals surface area (Å²) in [5, 5.41) is 4.99. The predicted octanol–water partition coefficient (Wildman–Crippen LogP) is 3.71. The number of hydroxylamine groups is 1. The Labute approximate surface area is 200 Å². The number of aromatic nitrogens is 3. The van der Waals surface area contributed by atoms with Crippen molar-refractivity contribution in [2.45, 2.75) is 45.8 Å². The minimum absolute atomic E-state index is 0.242. The molecule has 180 valence electrons. The van der Waals surface area contributed by atoms with Gasteiger partial charge in [-0.2, -0.15) is 0 Å². The van der Waals surface area contributed by atoms with E-state index in [2.05, 4.69) is 25.7 Å². The zero-order chi connectivity index (χ0) is 24.5. The summed E-state index contributed by atoms with van der Waals surface area (Å²) in [6, 6.07) is 2.88. The van der Waals surface area contributed by atoms with Crippen molar-refractivity contribution in [2.75, 3.05) is 18.4 Å². The third-order valence-electron chi connectivity index (χ3n) is 5.38. The molecule has 0 spiro atoms. The largest absolute Gasteiger partial charge is 0.348 e. The standard InChI is InChI=1S/C23H27FN6O3S/c1-13(15-9-16(24)11-25-10-15)26-22-27-17-6-8-34-19(17)18(28-22)21(32)30-7-5-14(12-30)20(31)29-33-23(2,3)4/h6,8-11,13-14H,5,7,12H2,1-4H3,(H,29,31)(H,26,27,28). The molecule has 1 aliphatic rings. The first kappa shape index (κ1) is 24.0. The Morgan fingerprint density at radius 3 is 2.82 bits per heavy atom. The number of nitrogens with one attached hydrogen (secondary N) is 2. The van der Waals surface area contributed by atoms with Crippen molar-refractivity contribution in [1.82, 2.24) is 25.3 Å². The Bertz CT molecular complexity index is 1210. The van der Waals surface area contributed by atoms with Crippen LogP contribution in [0.5, 0.6) is 0 Å². The zero-order valence-electron chi connectivity index (χ0n) is 19.5. The molecule has 9 nitrogen and oxygen atoms in total. The van der Waals surface area contributed by atoms with Crippen LogP contribution in [0.1, 0.15) is 56.2 Å². The van der Waals surface area contributed by atoms with Crippen molar-refractivity contribution >= 4 is 39.3 Å². The Hall–Kier alpha value is -3.18. The summed E-state index contributed by atoms with van der Waals surface area (Å²) in [5.74, 6) is -1.03. The molecular formula is C23H27FN6O3S. The second kappa shape index (κ2) is 9.59. The molecule has 3 aromatic rings. The van der Waals surface area contributed by atoms with E-state index in [0.29, 0.717) is 28.7 Å². The van der Waals surface area contributed by atoms with Crippen LogP contribution in [0.2, 0.25) is 0 Å². The van der Waals surface area contributed by atoms with Crippen molar-refractivity contribution in [3.63, 3.8) is 0 Å². The van der Waals surface area contributed by atoms with Crippen LogP contribution in [0.25, 0.3) is 10.2 Å². The van der Waals surface area contributed by atoms with Gasteiger partial charge in [0.15, 0.2) is 5.69 Å². The number of carbonyl (C=O) groups is 2. The van der Waals surface area contributed by atoms with Gasteiger partial charge in [0.05, 0.1) is 34.0 Å². The van der Waals surface area contributed by atoms with E-state index in [1.54, 1.807) is 11.1 Å². The molecule has 2 atom stereocenters. The van der Waals surface area contributed by atoms with E-state index in [1.807, 2.05) is 39.1 Å². The molecule has 2 amide bonds. The maximum absolute atomic E-state index is 13.6. The number of rotatable bonds is 6. The van der Waals surface area contributed by atoms with Gasteiger partial charge in [0.1, 0.15) is 5.82 Å². The highest BCUT2D eigenvalue weighted by molar-refractivity contribution is 7.17. The summed E-state index contributed by atoms with van der Waals surface area (Å²) >= 11 is 1.39. The summed E-state index contributed by atoms with van der Waals surface area (Å²) in [5.41, 5.74) is 3.55. The number of amides is 2. The van der Waals surface area contributed by atoms with Gasteiger partial charge in [0.2, 0.25) is 11.9 Å². The molecule has 4 heterocycles. The molecule has 1 fully saturated rings. The lowest BCUT2D eigenvalue weighted by Gasteiger charge is -2.21. The first-order valence-corrected chi connectivity index (χ1v) is 11.9. The third kappa shape index (κ3) is 5.48. The number of fused-ring (bicyclic) bond motifs is 1. The van der Waals surface area contributed by atoms with Gasteiger partial charge in [-0.25, -0.2) is 19.8 Å². The molecule has 1 aliphatic heterocycles. The first-order valence-electron chi connectivity index (χ1n) is 11.0. The number of thiophene rings is 1. The van der Waals surface area contributed by atoms with E-state index in [9.17, 15) is 14.0 Å². The number of likely N-dealkylation sites (tertiary alicyclic amines) is 1. The third-order valence-corrected chi connectivity index (χ3v) is 6.29. The quantitative estimate of drug-likeness (QED) is 0.511. The molecule has 2 N–H and O–H groups in total. The number of carbonyl (C=O) groups excluding carboxylic acids is 2. The van der Waals surface area contributed by atoms with Gasteiger partial charge < -0.3 is 10.2 Å². The maximum Gasteiger partial charge on any atom is 0.274 e. The van der Waals surface area contributed by atoms with Crippen LogP contribution in [0.15, 0.2) is 29.9 Å². The number of nitrogens with zero attached hydrogens (tertiary/aromatic N) is 4. The number of hydrogen-bond donors (Lipinski definition) is 2. The fourth-order valence-electron chi connectivity index (χ4n) is 3.61. The van der Waals surface area contributed by atoms with Gasteiger partial charge in [-0.05, 0) is 57.2 Å². The van der Waals surface area contributed by atoms with Gasteiger partial charge in [0, 0.05) is 19.3 Å². The van der Waals surface area contributed by atoms with Crippen LogP contribution in [0.3, 0.4) is 0 Å². The lowest BCUT2D eigenvalue weighted by Crippen LogP contribution is -2.39. The average molecular weight is 487 g/mol. The van der Waals surface area contributed by atoms with Crippen LogP contribution in [0, 0.1) is 11.7 Å². The zero-order valence-corrected chi connectivity index (χ0v) is 20.3. The number of pyridine rings is 1. The number of anilines is 1. The minimum Gasteiger partial charge on any atom is -0.348 e. The summed E-state index contributed by atoms with van der Waals surface area (Å²) < 4.78 is 14.2. The van der Waals surface area contributed by atoms with E-state index in [-0.39, 0.29) is 42.0 Å². The predicted molar refractivity (Wildman–Crippen MR) is 127 cm³/mol. The van der Waals surface area contributed by atoms with Crippen molar-refractivity contribution in [2.24, 2.45) is 5.92 Å². The highest BCUT2D eigenvalue weighted by Gasteiger charge is 2.34. The summed E-state index contributed by atoms with van der Waals surface area (Å²) in [6.07, 6.45) is 3.24. The Morgan fingerprint density at radius 1 is 1.29 bits per heavy atom. The molecule has 3 aromatic heterocycles. The normalized spacial score (nSPS) is 17.1. The molecule has 4 rings (SSSR count). The van der Waals surface area contributed by atoms with E-state index < -0.39 is 11.4 Å².